The van der Waals surface area contributed by atoms with Gasteiger partial charge in [0.1, 0.15) is 5.82 Å². The fraction of sp³-hybridized carbons (Fsp3) is 0.455. The number of anilines is 1. The Kier molecular flexibility index (Phi) is 2.85. The standard InChI is InChI=1S/C11H15N3O/c1-10-3-2-4-12-11(10)14-7-5-13(9-15)6-8-14/h2-4,9H,5-8H2,1H3. The molecular weight excluding hydrogens is 190 g/mol. The van der Waals surface area contributed by atoms with Gasteiger partial charge in [0.25, 0.3) is 0 Å². The summed E-state index contributed by atoms with van der Waals surface area (Å²) in [5, 5.41) is 0. The van der Waals surface area contributed by atoms with Crippen molar-refractivity contribution in [2.75, 3.05) is 31.1 Å². The monoisotopic (exact) mass is 205 g/mol. The lowest BCUT2D eigenvalue weighted by molar-refractivity contribution is -0.118. The maximum Gasteiger partial charge on any atom is 0.209 e. The predicted octanol–water partition coefficient (Wildman–Crippen LogP) is 0.668. The maximum absolute atomic E-state index is 10.6. The van der Waals surface area contributed by atoms with Crippen molar-refractivity contribution in [1.29, 1.82) is 0 Å². The average Bonchev–Trinajstić information content (AvgIpc) is 2.30. The van der Waals surface area contributed by atoms with Crippen LogP contribution in [0, 0.1) is 6.92 Å². The number of rotatable bonds is 2. The van der Waals surface area contributed by atoms with E-state index in [0.29, 0.717) is 0 Å². The van der Waals surface area contributed by atoms with E-state index in [-0.39, 0.29) is 0 Å². The first-order valence-corrected chi connectivity index (χ1v) is 5.17. The van der Waals surface area contributed by atoms with Gasteiger partial charge < -0.3 is 9.80 Å². The molecule has 0 aromatic carbocycles. The number of aryl methyl sites for hydroxylation is 1. The highest BCUT2D eigenvalue weighted by Crippen LogP contribution is 2.17. The number of piperazine rings is 1. The van der Waals surface area contributed by atoms with Crippen LogP contribution in [0.3, 0.4) is 0 Å². The molecule has 4 nitrogen and oxygen atoms in total. The molecule has 2 rings (SSSR count). The number of carbonyl (C=O) groups is 1. The van der Waals surface area contributed by atoms with E-state index < -0.39 is 0 Å². The zero-order valence-electron chi connectivity index (χ0n) is 8.89. The van der Waals surface area contributed by atoms with E-state index in [2.05, 4.69) is 22.9 Å². The van der Waals surface area contributed by atoms with E-state index >= 15 is 0 Å². The molecule has 0 N–H and O–H groups in total. The maximum atomic E-state index is 10.6. The Morgan fingerprint density at radius 2 is 2.07 bits per heavy atom. The van der Waals surface area contributed by atoms with Gasteiger partial charge in [-0.15, -0.1) is 0 Å². The number of amides is 1. The summed E-state index contributed by atoms with van der Waals surface area (Å²) in [5.74, 6) is 1.04. The average molecular weight is 205 g/mol. The molecule has 4 heteroatoms. The van der Waals surface area contributed by atoms with Crippen molar-refractivity contribution in [1.82, 2.24) is 9.88 Å². The van der Waals surface area contributed by atoms with Gasteiger partial charge in [0.15, 0.2) is 0 Å². The van der Waals surface area contributed by atoms with Gasteiger partial charge in [0, 0.05) is 32.4 Å². The van der Waals surface area contributed by atoms with Crippen molar-refractivity contribution in [2.45, 2.75) is 6.92 Å². The van der Waals surface area contributed by atoms with Gasteiger partial charge in [0.05, 0.1) is 0 Å². The van der Waals surface area contributed by atoms with E-state index in [0.717, 1.165) is 38.4 Å². The van der Waals surface area contributed by atoms with E-state index in [4.69, 9.17) is 0 Å². The molecule has 1 saturated heterocycles. The normalized spacial score (nSPS) is 16.6. The van der Waals surface area contributed by atoms with Gasteiger partial charge in [-0.3, -0.25) is 4.79 Å². The number of hydrogen-bond acceptors (Lipinski definition) is 3. The van der Waals surface area contributed by atoms with E-state index in [1.807, 2.05) is 12.3 Å². The van der Waals surface area contributed by atoms with Crippen LogP contribution in [0.25, 0.3) is 0 Å². The fourth-order valence-electron chi connectivity index (χ4n) is 1.85. The summed E-state index contributed by atoms with van der Waals surface area (Å²) in [6, 6.07) is 4.01. The van der Waals surface area contributed by atoms with Crippen molar-refractivity contribution in [3.8, 4) is 0 Å². The van der Waals surface area contributed by atoms with Crippen molar-refractivity contribution in [3.63, 3.8) is 0 Å². The summed E-state index contributed by atoms with van der Waals surface area (Å²) in [6.07, 6.45) is 2.73. The Hall–Kier alpha value is -1.58. The molecule has 1 aliphatic heterocycles. The number of carbonyl (C=O) groups excluding carboxylic acids is 1. The molecule has 0 bridgehead atoms. The van der Waals surface area contributed by atoms with Gasteiger partial charge in [-0.2, -0.15) is 0 Å². The minimum atomic E-state index is 0.791. The SMILES string of the molecule is Cc1cccnc1N1CCN(C=O)CC1. The minimum Gasteiger partial charge on any atom is -0.353 e. The second-order valence-corrected chi connectivity index (χ2v) is 3.77. The highest BCUT2D eigenvalue weighted by molar-refractivity contribution is 5.50. The molecule has 1 aromatic rings. The number of pyridine rings is 1. The molecule has 1 fully saturated rings. The van der Waals surface area contributed by atoms with Crippen LogP contribution in [-0.2, 0) is 4.79 Å². The molecular formula is C11H15N3O. The Labute approximate surface area is 89.5 Å². The van der Waals surface area contributed by atoms with E-state index in [1.54, 1.807) is 4.90 Å². The summed E-state index contributed by atoms with van der Waals surface area (Å²) < 4.78 is 0. The summed E-state index contributed by atoms with van der Waals surface area (Å²) in [4.78, 5) is 19.0. The van der Waals surface area contributed by atoms with Crippen molar-refractivity contribution in [2.24, 2.45) is 0 Å². The summed E-state index contributed by atoms with van der Waals surface area (Å²) in [6.45, 7) is 5.39. The van der Waals surface area contributed by atoms with Crippen LogP contribution < -0.4 is 4.90 Å². The lowest BCUT2D eigenvalue weighted by atomic mass is 10.2. The quantitative estimate of drug-likeness (QED) is 0.666. The molecule has 0 aliphatic carbocycles. The molecule has 2 heterocycles. The smallest absolute Gasteiger partial charge is 0.209 e. The van der Waals surface area contributed by atoms with Gasteiger partial charge in [-0.25, -0.2) is 4.98 Å². The van der Waals surface area contributed by atoms with Crippen LogP contribution in [-0.4, -0.2) is 42.5 Å². The number of aromatic nitrogens is 1. The highest BCUT2D eigenvalue weighted by Gasteiger charge is 2.17. The lowest BCUT2D eigenvalue weighted by Gasteiger charge is -2.33. The first-order valence-electron chi connectivity index (χ1n) is 5.17. The minimum absolute atomic E-state index is 0.791. The van der Waals surface area contributed by atoms with Crippen LogP contribution in [0.15, 0.2) is 18.3 Å². The largest absolute Gasteiger partial charge is 0.353 e. The van der Waals surface area contributed by atoms with Crippen molar-refractivity contribution < 1.29 is 4.79 Å². The van der Waals surface area contributed by atoms with Crippen LogP contribution in [0.1, 0.15) is 5.56 Å². The van der Waals surface area contributed by atoms with Gasteiger partial charge in [0.2, 0.25) is 6.41 Å². The van der Waals surface area contributed by atoms with Crippen LogP contribution in [0.5, 0.6) is 0 Å². The third-order valence-corrected chi connectivity index (χ3v) is 2.74. The number of nitrogens with zero attached hydrogens (tertiary/aromatic N) is 3. The summed E-state index contributed by atoms with van der Waals surface area (Å²) in [7, 11) is 0. The van der Waals surface area contributed by atoms with Crippen molar-refractivity contribution >= 4 is 12.2 Å². The molecule has 0 radical (unpaired) electrons. The van der Waals surface area contributed by atoms with Crippen LogP contribution >= 0.6 is 0 Å². The second kappa shape index (κ2) is 4.29. The lowest BCUT2D eigenvalue weighted by Crippen LogP contribution is -2.46. The second-order valence-electron chi connectivity index (χ2n) is 3.77. The molecule has 0 atom stereocenters. The van der Waals surface area contributed by atoms with Crippen LogP contribution in [0.2, 0.25) is 0 Å². The summed E-state index contributed by atoms with van der Waals surface area (Å²) >= 11 is 0. The van der Waals surface area contributed by atoms with Gasteiger partial charge in [-0.05, 0) is 18.6 Å². The Morgan fingerprint density at radius 3 is 2.67 bits per heavy atom. The number of hydrogen-bond donors (Lipinski definition) is 0. The highest BCUT2D eigenvalue weighted by atomic mass is 16.1. The first-order chi connectivity index (χ1) is 7.31. The van der Waals surface area contributed by atoms with Gasteiger partial charge in [-0.1, -0.05) is 6.07 Å². The molecule has 0 spiro atoms. The molecule has 0 unspecified atom stereocenters. The fourth-order valence-corrected chi connectivity index (χ4v) is 1.85. The zero-order chi connectivity index (χ0) is 10.7. The van der Waals surface area contributed by atoms with E-state index in [1.165, 1.54) is 5.56 Å². The first kappa shape index (κ1) is 9.96. The topological polar surface area (TPSA) is 36.4 Å². The van der Waals surface area contributed by atoms with E-state index in [9.17, 15) is 4.79 Å². The molecule has 15 heavy (non-hydrogen) atoms. The summed E-state index contributed by atoms with van der Waals surface area (Å²) in [5.41, 5.74) is 1.19. The van der Waals surface area contributed by atoms with Crippen LogP contribution in [0.4, 0.5) is 5.82 Å². The predicted molar refractivity (Wildman–Crippen MR) is 58.8 cm³/mol. The molecule has 1 aliphatic rings. The zero-order valence-corrected chi connectivity index (χ0v) is 8.89. The molecule has 80 valence electrons. The third kappa shape index (κ3) is 2.09. The Bertz CT molecular complexity index is 345. The molecule has 0 saturated carbocycles. The third-order valence-electron chi connectivity index (χ3n) is 2.74. The van der Waals surface area contributed by atoms with Gasteiger partial charge >= 0.3 is 0 Å². The van der Waals surface area contributed by atoms with Crippen molar-refractivity contribution in [3.05, 3.63) is 23.9 Å². The Morgan fingerprint density at radius 1 is 1.33 bits per heavy atom. The Balaban J connectivity index is 2.07. The molecule has 1 aromatic heterocycles. The molecule has 1 amide bonds.